The van der Waals surface area contributed by atoms with Crippen molar-refractivity contribution in [2.45, 2.75) is 43.9 Å². The minimum absolute atomic E-state index is 0.0741. The monoisotopic (exact) mass is 408 g/mol. The number of para-hydroxylation sites is 1. The van der Waals surface area contributed by atoms with E-state index in [2.05, 4.69) is 28.6 Å². The average Bonchev–Trinajstić information content (AvgIpc) is 3.26. The van der Waals surface area contributed by atoms with Crippen LogP contribution in [0.1, 0.15) is 49.3 Å². The van der Waals surface area contributed by atoms with Crippen LogP contribution in [0.25, 0.3) is 5.70 Å². The van der Waals surface area contributed by atoms with E-state index in [9.17, 15) is 0 Å². The molecule has 0 amide bonds. The number of hydrogen-bond acceptors (Lipinski definition) is 6. The first-order valence-corrected chi connectivity index (χ1v) is 10.6. The zero-order valence-corrected chi connectivity index (χ0v) is 17.7. The molecule has 0 aromatic heterocycles. The molecular weight excluding hydrogens is 380 g/mol. The number of ether oxygens (including phenoxy) is 4. The van der Waals surface area contributed by atoms with Crippen LogP contribution in [0.4, 0.5) is 0 Å². The van der Waals surface area contributed by atoms with Crippen LogP contribution >= 0.6 is 0 Å². The third-order valence-corrected chi connectivity index (χ3v) is 6.45. The third-order valence-electron chi connectivity index (χ3n) is 6.45. The largest absolute Gasteiger partial charge is 0.493 e. The summed E-state index contributed by atoms with van der Waals surface area (Å²) in [5.41, 5.74) is 6.51. The van der Waals surface area contributed by atoms with Gasteiger partial charge in [-0.1, -0.05) is 18.6 Å². The molecule has 5 rings (SSSR count). The quantitative estimate of drug-likeness (QED) is 0.794. The molecule has 2 aliphatic heterocycles. The van der Waals surface area contributed by atoms with Gasteiger partial charge >= 0.3 is 0 Å². The van der Waals surface area contributed by atoms with Gasteiger partial charge in [0.25, 0.3) is 0 Å². The van der Waals surface area contributed by atoms with Crippen molar-refractivity contribution in [2.24, 2.45) is 0 Å². The maximum absolute atomic E-state index is 6.72. The summed E-state index contributed by atoms with van der Waals surface area (Å²) < 4.78 is 23.3. The van der Waals surface area contributed by atoms with Gasteiger partial charge in [0.2, 0.25) is 0 Å². The Morgan fingerprint density at radius 3 is 2.43 bits per heavy atom. The predicted molar refractivity (Wildman–Crippen MR) is 115 cm³/mol. The minimum atomic E-state index is -0.376. The Bertz CT molecular complexity index is 981. The highest BCUT2D eigenvalue weighted by molar-refractivity contribution is 5.70. The Kier molecular flexibility index (Phi) is 4.74. The summed E-state index contributed by atoms with van der Waals surface area (Å²) in [6.45, 7) is 0. The van der Waals surface area contributed by atoms with Gasteiger partial charge in [-0.05, 0) is 43.2 Å². The van der Waals surface area contributed by atoms with Gasteiger partial charge in [-0.25, -0.2) is 0 Å². The summed E-state index contributed by atoms with van der Waals surface area (Å²) in [6, 6.07) is 12.2. The molecule has 1 fully saturated rings. The topological polar surface area (TPSA) is 52.2 Å². The molecule has 158 valence electrons. The molecule has 1 N–H and O–H groups in total. The maximum Gasteiger partial charge on any atom is 0.180 e. The Labute approximate surface area is 177 Å². The number of nitrogens with zero attached hydrogens (tertiary/aromatic N) is 1. The molecule has 30 heavy (non-hydrogen) atoms. The molecule has 2 aromatic rings. The van der Waals surface area contributed by atoms with Crippen LogP contribution in [0.2, 0.25) is 0 Å². The second-order valence-electron chi connectivity index (χ2n) is 8.06. The van der Waals surface area contributed by atoms with Crippen molar-refractivity contribution in [2.75, 3.05) is 21.3 Å². The van der Waals surface area contributed by atoms with Crippen LogP contribution in [0, 0.1) is 0 Å². The number of rotatable bonds is 4. The fourth-order valence-corrected chi connectivity index (χ4v) is 4.94. The van der Waals surface area contributed by atoms with E-state index in [1.165, 1.54) is 6.42 Å². The van der Waals surface area contributed by atoms with Gasteiger partial charge in [-0.15, -0.1) is 0 Å². The third kappa shape index (κ3) is 2.89. The van der Waals surface area contributed by atoms with Crippen LogP contribution in [-0.2, 0) is 0 Å². The van der Waals surface area contributed by atoms with Gasteiger partial charge in [-0.2, -0.15) is 5.01 Å². The zero-order valence-electron chi connectivity index (χ0n) is 17.7. The summed E-state index contributed by atoms with van der Waals surface area (Å²) in [4.78, 5) is 0. The Morgan fingerprint density at radius 1 is 0.933 bits per heavy atom. The molecule has 1 spiro atoms. The smallest absolute Gasteiger partial charge is 0.180 e. The van der Waals surface area contributed by atoms with Crippen LogP contribution in [-0.4, -0.2) is 32.1 Å². The summed E-state index contributed by atoms with van der Waals surface area (Å²) >= 11 is 0. The van der Waals surface area contributed by atoms with E-state index in [0.29, 0.717) is 5.75 Å². The molecule has 0 saturated heterocycles. The van der Waals surface area contributed by atoms with Crippen LogP contribution in [0.5, 0.6) is 23.0 Å². The van der Waals surface area contributed by atoms with Crippen LogP contribution < -0.4 is 24.4 Å². The molecule has 0 unspecified atom stereocenters. The lowest BCUT2D eigenvalue weighted by Crippen LogP contribution is -2.60. The molecule has 1 saturated carbocycles. The van der Waals surface area contributed by atoms with Crippen molar-refractivity contribution >= 4 is 5.70 Å². The standard InChI is InChI=1S/C24H28N2O4/c1-27-20-11-10-16(14-22(20)29-3)18-15-19-17-8-7-9-21(28-2)23(17)30-24(26(19)25-18)12-5-4-6-13-24/h7-11,14-15,19,25H,4-6,12-13H2,1-3H3/t19-/m1/s1. The maximum atomic E-state index is 6.72. The molecule has 6 heteroatoms. The first kappa shape index (κ1) is 19.1. The van der Waals surface area contributed by atoms with Gasteiger partial charge in [0.15, 0.2) is 28.7 Å². The van der Waals surface area contributed by atoms with Crippen molar-refractivity contribution in [3.05, 3.63) is 53.6 Å². The van der Waals surface area contributed by atoms with Crippen molar-refractivity contribution in [1.29, 1.82) is 0 Å². The highest BCUT2D eigenvalue weighted by atomic mass is 16.5. The Balaban J connectivity index is 1.59. The number of nitrogens with one attached hydrogen (secondary N) is 1. The summed E-state index contributed by atoms with van der Waals surface area (Å²) in [5.74, 6) is 3.10. The highest BCUT2D eigenvalue weighted by Gasteiger charge is 2.51. The highest BCUT2D eigenvalue weighted by Crippen LogP contribution is 2.52. The van der Waals surface area contributed by atoms with E-state index in [0.717, 1.165) is 59.8 Å². The molecular formula is C24H28N2O4. The summed E-state index contributed by atoms with van der Waals surface area (Å²) in [5, 5.41) is 2.31. The van der Waals surface area contributed by atoms with Gasteiger partial charge in [-0.3, -0.25) is 0 Å². The van der Waals surface area contributed by atoms with Crippen molar-refractivity contribution in [3.8, 4) is 23.0 Å². The summed E-state index contributed by atoms with van der Waals surface area (Å²) in [6.07, 6.45) is 7.81. The number of benzene rings is 2. The van der Waals surface area contributed by atoms with E-state index in [1.54, 1.807) is 21.3 Å². The van der Waals surface area contributed by atoms with Gasteiger partial charge in [0.05, 0.1) is 33.1 Å². The first-order chi connectivity index (χ1) is 14.7. The Hall–Kier alpha value is -2.86. The summed E-state index contributed by atoms with van der Waals surface area (Å²) in [7, 11) is 5.02. The number of fused-ring (bicyclic) bond motifs is 4. The fraction of sp³-hybridized carbons (Fsp3) is 0.417. The second-order valence-corrected chi connectivity index (χ2v) is 8.06. The van der Waals surface area contributed by atoms with Crippen molar-refractivity contribution in [1.82, 2.24) is 10.4 Å². The molecule has 0 bridgehead atoms. The van der Waals surface area contributed by atoms with Crippen molar-refractivity contribution < 1.29 is 18.9 Å². The Morgan fingerprint density at radius 2 is 1.70 bits per heavy atom. The van der Waals surface area contributed by atoms with E-state index >= 15 is 0 Å². The van der Waals surface area contributed by atoms with Gasteiger partial charge in [0.1, 0.15) is 0 Å². The molecule has 0 radical (unpaired) electrons. The van der Waals surface area contributed by atoms with E-state index in [1.807, 2.05) is 24.3 Å². The van der Waals surface area contributed by atoms with Crippen molar-refractivity contribution in [3.63, 3.8) is 0 Å². The average molecular weight is 408 g/mol. The van der Waals surface area contributed by atoms with Crippen LogP contribution in [0.3, 0.4) is 0 Å². The molecule has 1 atom stereocenters. The molecule has 2 heterocycles. The van der Waals surface area contributed by atoms with Gasteiger partial charge in [0, 0.05) is 24.0 Å². The SMILES string of the molecule is COc1ccc(C2=C[C@@H]3c4cccc(OC)c4OC4(CCCCC4)N3N2)cc1OC. The first-order valence-electron chi connectivity index (χ1n) is 10.6. The number of hydrogen-bond donors (Lipinski definition) is 1. The molecule has 1 aliphatic carbocycles. The lowest BCUT2D eigenvalue weighted by Gasteiger charge is -2.50. The zero-order chi connectivity index (χ0) is 20.7. The molecule has 3 aliphatic rings. The molecule has 2 aromatic carbocycles. The minimum Gasteiger partial charge on any atom is -0.493 e. The predicted octanol–water partition coefficient (Wildman–Crippen LogP) is 4.67. The van der Waals surface area contributed by atoms with Crippen LogP contribution in [0.15, 0.2) is 42.5 Å². The fourth-order valence-electron chi connectivity index (χ4n) is 4.94. The molecule has 6 nitrogen and oxygen atoms in total. The lowest BCUT2D eigenvalue weighted by atomic mass is 9.87. The number of hydrazine groups is 1. The van der Waals surface area contributed by atoms with E-state index in [4.69, 9.17) is 18.9 Å². The lowest BCUT2D eigenvalue weighted by molar-refractivity contribution is -0.151. The normalized spacial score (nSPS) is 21.7. The van der Waals surface area contributed by atoms with E-state index < -0.39 is 0 Å². The number of methoxy groups -OCH3 is 3. The second kappa shape index (κ2) is 7.43. The van der Waals surface area contributed by atoms with E-state index in [-0.39, 0.29) is 11.8 Å². The van der Waals surface area contributed by atoms with Gasteiger partial charge < -0.3 is 24.4 Å².